The lowest BCUT2D eigenvalue weighted by atomic mass is 10.2. The Morgan fingerprint density at radius 3 is 2.88 bits per heavy atom. The van der Waals surface area contributed by atoms with Crippen molar-refractivity contribution in [2.24, 2.45) is 10.9 Å². The standard InChI is InChI=1S/C10H11BrClFN2O2/c1-2-8(10(14)15-16)17-9-4-7(13)6(12)3-5(9)11/h3-4,8,16H,2H2,1H3,(H2,14,15). The van der Waals surface area contributed by atoms with Crippen LogP contribution in [0.5, 0.6) is 5.75 Å². The van der Waals surface area contributed by atoms with Crippen LogP contribution in [0, 0.1) is 5.82 Å². The van der Waals surface area contributed by atoms with Gasteiger partial charge in [-0.05, 0) is 28.4 Å². The first-order valence-corrected chi connectivity index (χ1v) is 5.95. The fourth-order valence-electron chi connectivity index (χ4n) is 1.17. The van der Waals surface area contributed by atoms with Gasteiger partial charge in [-0.25, -0.2) is 4.39 Å². The van der Waals surface area contributed by atoms with E-state index in [0.717, 1.165) is 6.07 Å². The molecule has 0 aromatic heterocycles. The lowest BCUT2D eigenvalue weighted by Crippen LogP contribution is -2.33. The number of oxime groups is 1. The molecule has 94 valence electrons. The molecule has 1 atom stereocenters. The van der Waals surface area contributed by atoms with E-state index in [0.29, 0.717) is 10.9 Å². The normalized spacial score (nSPS) is 13.5. The van der Waals surface area contributed by atoms with Crippen LogP contribution in [0.3, 0.4) is 0 Å². The molecule has 1 unspecified atom stereocenters. The first-order chi connectivity index (χ1) is 7.99. The van der Waals surface area contributed by atoms with E-state index in [2.05, 4.69) is 21.1 Å². The largest absolute Gasteiger partial charge is 0.481 e. The average Bonchev–Trinajstić information content (AvgIpc) is 2.31. The van der Waals surface area contributed by atoms with E-state index < -0.39 is 11.9 Å². The number of rotatable bonds is 4. The SMILES string of the molecule is CCC(Oc1cc(F)c(Cl)cc1Br)/C(N)=N/O. The van der Waals surface area contributed by atoms with E-state index in [1.807, 2.05) is 0 Å². The summed E-state index contributed by atoms with van der Waals surface area (Å²) in [5.74, 6) is -0.431. The molecule has 7 heteroatoms. The van der Waals surface area contributed by atoms with Crippen molar-refractivity contribution >= 4 is 33.4 Å². The van der Waals surface area contributed by atoms with Crippen molar-refractivity contribution < 1.29 is 14.3 Å². The first kappa shape index (κ1) is 14.1. The van der Waals surface area contributed by atoms with Crippen molar-refractivity contribution in [3.8, 4) is 5.75 Å². The highest BCUT2D eigenvalue weighted by Crippen LogP contribution is 2.31. The number of hydrogen-bond donors (Lipinski definition) is 2. The summed E-state index contributed by atoms with van der Waals surface area (Å²) in [5.41, 5.74) is 5.43. The highest BCUT2D eigenvalue weighted by Gasteiger charge is 2.16. The van der Waals surface area contributed by atoms with Gasteiger partial charge in [-0.1, -0.05) is 23.7 Å². The molecule has 0 fully saturated rings. The van der Waals surface area contributed by atoms with Crippen molar-refractivity contribution in [2.45, 2.75) is 19.4 Å². The quantitative estimate of drug-likeness (QED) is 0.294. The van der Waals surface area contributed by atoms with Crippen LogP contribution in [-0.4, -0.2) is 17.1 Å². The number of ether oxygens (including phenoxy) is 1. The Labute approximate surface area is 111 Å². The minimum Gasteiger partial charge on any atom is -0.481 e. The van der Waals surface area contributed by atoms with Gasteiger partial charge in [0, 0.05) is 6.07 Å². The molecular formula is C10H11BrClFN2O2. The van der Waals surface area contributed by atoms with Gasteiger partial charge in [0.05, 0.1) is 9.50 Å². The Kier molecular flexibility index (Phi) is 5.02. The number of nitrogens with zero attached hydrogens (tertiary/aromatic N) is 1. The fraction of sp³-hybridized carbons (Fsp3) is 0.300. The molecule has 0 saturated carbocycles. The molecule has 17 heavy (non-hydrogen) atoms. The molecule has 4 nitrogen and oxygen atoms in total. The number of halogens is 3. The fourth-order valence-corrected chi connectivity index (χ4v) is 1.90. The molecule has 0 bridgehead atoms. The predicted molar refractivity (Wildman–Crippen MR) is 67.2 cm³/mol. The number of benzene rings is 1. The van der Waals surface area contributed by atoms with E-state index in [4.69, 9.17) is 27.3 Å². The van der Waals surface area contributed by atoms with E-state index in [1.54, 1.807) is 6.92 Å². The van der Waals surface area contributed by atoms with Crippen molar-refractivity contribution in [1.29, 1.82) is 0 Å². The van der Waals surface area contributed by atoms with Gasteiger partial charge in [-0.15, -0.1) is 0 Å². The Bertz CT molecular complexity index is 443. The highest BCUT2D eigenvalue weighted by molar-refractivity contribution is 9.10. The smallest absolute Gasteiger partial charge is 0.180 e. The van der Waals surface area contributed by atoms with Crippen LogP contribution < -0.4 is 10.5 Å². The Morgan fingerprint density at radius 2 is 2.35 bits per heavy atom. The minimum absolute atomic E-state index is 0.0129. The summed E-state index contributed by atoms with van der Waals surface area (Å²) in [4.78, 5) is 0. The van der Waals surface area contributed by atoms with Gasteiger partial charge in [-0.2, -0.15) is 0 Å². The molecule has 0 aliphatic rings. The van der Waals surface area contributed by atoms with Crippen molar-refractivity contribution in [3.63, 3.8) is 0 Å². The molecular weight excluding hydrogens is 314 g/mol. The van der Waals surface area contributed by atoms with Crippen LogP contribution >= 0.6 is 27.5 Å². The van der Waals surface area contributed by atoms with Gasteiger partial charge in [0.25, 0.3) is 0 Å². The first-order valence-electron chi connectivity index (χ1n) is 4.78. The van der Waals surface area contributed by atoms with Crippen LogP contribution in [0.4, 0.5) is 4.39 Å². The van der Waals surface area contributed by atoms with Gasteiger partial charge in [0.1, 0.15) is 11.6 Å². The van der Waals surface area contributed by atoms with Crippen LogP contribution in [0.15, 0.2) is 21.8 Å². The maximum atomic E-state index is 13.3. The van der Waals surface area contributed by atoms with Gasteiger partial charge in [-0.3, -0.25) is 0 Å². The molecule has 0 heterocycles. The second kappa shape index (κ2) is 6.07. The van der Waals surface area contributed by atoms with Crippen molar-refractivity contribution in [3.05, 3.63) is 27.4 Å². The molecule has 0 aliphatic carbocycles. The summed E-state index contributed by atoms with van der Waals surface area (Å²) in [6.07, 6.45) is -0.149. The lowest BCUT2D eigenvalue weighted by Gasteiger charge is -2.17. The number of hydrogen-bond acceptors (Lipinski definition) is 3. The minimum atomic E-state index is -0.628. The monoisotopic (exact) mass is 324 g/mol. The lowest BCUT2D eigenvalue weighted by molar-refractivity contribution is 0.244. The van der Waals surface area contributed by atoms with Gasteiger partial charge in [0.2, 0.25) is 0 Å². The average molecular weight is 326 g/mol. The van der Waals surface area contributed by atoms with Gasteiger partial charge in [0.15, 0.2) is 11.9 Å². The Morgan fingerprint density at radius 1 is 1.71 bits per heavy atom. The zero-order chi connectivity index (χ0) is 13.0. The van der Waals surface area contributed by atoms with Crippen molar-refractivity contribution in [2.75, 3.05) is 0 Å². The van der Waals surface area contributed by atoms with Gasteiger partial charge >= 0.3 is 0 Å². The summed E-state index contributed by atoms with van der Waals surface area (Å²) < 4.78 is 19.2. The second-order valence-corrected chi connectivity index (χ2v) is 4.50. The number of nitrogens with two attached hydrogens (primary N) is 1. The Hall–Kier alpha value is -1.01. The Balaban J connectivity index is 2.98. The van der Waals surface area contributed by atoms with E-state index in [-0.39, 0.29) is 16.6 Å². The number of amidine groups is 1. The summed E-state index contributed by atoms with van der Waals surface area (Å²) >= 11 is 8.79. The molecule has 1 rings (SSSR count). The van der Waals surface area contributed by atoms with Crippen molar-refractivity contribution in [1.82, 2.24) is 0 Å². The molecule has 0 saturated heterocycles. The third-order valence-electron chi connectivity index (χ3n) is 2.06. The third-order valence-corrected chi connectivity index (χ3v) is 2.97. The molecule has 1 aromatic carbocycles. The summed E-state index contributed by atoms with van der Waals surface area (Å²) in [6, 6.07) is 2.52. The van der Waals surface area contributed by atoms with E-state index in [9.17, 15) is 4.39 Å². The molecule has 0 spiro atoms. The topological polar surface area (TPSA) is 67.8 Å². The highest BCUT2D eigenvalue weighted by atomic mass is 79.9. The van der Waals surface area contributed by atoms with Gasteiger partial charge < -0.3 is 15.7 Å². The molecule has 3 N–H and O–H groups in total. The maximum Gasteiger partial charge on any atom is 0.180 e. The summed E-state index contributed by atoms with van der Waals surface area (Å²) in [7, 11) is 0. The molecule has 0 aliphatic heterocycles. The second-order valence-electron chi connectivity index (χ2n) is 3.24. The summed E-state index contributed by atoms with van der Waals surface area (Å²) in [6.45, 7) is 1.79. The summed E-state index contributed by atoms with van der Waals surface area (Å²) in [5, 5.41) is 11.4. The predicted octanol–water partition coefficient (Wildman–Crippen LogP) is 3.15. The van der Waals surface area contributed by atoms with Crippen LogP contribution in [-0.2, 0) is 0 Å². The van der Waals surface area contributed by atoms with Crippen LogP contribution in [0.1, 0.15) is 13.3 Å². The van der Waals surface area contributed by atoms with E-state index in [1.165, 1.54) is 6.07 Å². The maximum absolute atomic E-state index is 13.3. The molecule has 0 amide bonds. The third kappa shape index (κ3) is 3.47. The molecule has 0 radical (unpaired) electrons. The zero-order valence-corrected chi connectivity index (χ0v) is 11.3. The van der Waals surface area contributed by atoms with Crippen LogP contribution in [0.2, 0.25) is 5.02 Å². The zero-order valence-electron chi connectivity index (χ0n) is 8.95. The van der Waals surface area contributed by atoms with E-state index >= 15 is 0 Å². The van der Waals surface area contributed by atoms with Crippen LogP contribution in [0.25, 0.3) is 0 Å². The molecule has 1 aromatic rings.